The van der Waals surface area contributed by atoms with Crippen molar-refractivity contribution in [3.63, 3.8) is 0 Å². The van der Waals surface area contributed by atoms with Crippen molar-refractivity contribution >= 4 is 23.9 Å². The molecule has 0 aromatic heterocycles. The van der Waals surface area contributed by atoms with Crippen molar-refractivity contribution < 1.29 is 58.2 Å². The van der Waals surface area contributed by atoms with Gasteiger partial charge in [0.15, 0.2) is 24.6 Å². The highest BCUT2D eigenvalue weighted by Gasteiger charge is 2.50. The molecule has 12 nitrogen and oxygen atoms in total. The van der Waals surface area contributed by atoms with Crippen LogP contribution in [0.3, 0.4) is 0 Å². The van der Waals surface area contributed by atoms with Gasteiger partial charge < -0.3 is 39.0 Å². The highest BCUT2D eigenvalue weighted by Crippen LogP contribution is 2.26. The van der Waals surface area contributed by atoms with Gasteiger partial charge in [0, 0.05) is 19.3 Å². The van der Waals surface area contributed by atoms with E-state index in [1.54, 1.807) is 0 Å². The maximum atomic E-state index is 13.0. The number of ether oxygens (including phenoxy) is 5. The summed E-state index contributed by atoms with van der Waals surface area (Å²) < 4.78 is 28.1. The van der Waals surface area contributed by atoms with Gasteiger partial charge in [-0.2, -0.15) is 0 Å². The molecule has 3 N–H and O–H groups in total. The second-order valence-electron chi connectivity index (χ2n) is 17.4. The number of allylic oxidation sites excluding steroid dienone is 12. The standard InChI is InChI=1S/C55H90O12/c1-4-7-10-13-16-19-21-23-24-26-28-31-34-37-40-43-49(58)66-53-51(60)50(59)52(54(61)62)67-55(53)64-45-46(65-48(57)42-39-36-33-29-18-15-12-9-6-3)44-63-47(56)41-38-35-32-30-27-25-22-20-17-14-11-8-5-2/h8,11,16-17,19-20,23-25,27,32,35,46,50-53,55,59-60H,4-7,9-10,12-15,18,21-22,26,28-31,33-34,36-45H2,1-3H3,(H,61,62)/b11-8-,19-16-,20-17-,24-23-,27-25-,35-32-. The monoisotopic (exact) mass is 943 g/mol. The number of carbonyl (C=O) groups is 4. The Bertz CT molecular complexity index is 1450. The normalized spacial score (nSPS) is 19.4. The number of hydrogen-bond acceptors (Lipinski definition) is 11. The number of carboxylic acid groups (broad SMARTS) is 1. The van der Waals surface area contributed by atoms with E-state index in [4.69, 9.17) is 23.7 Å². The van der Waals surface area contributed by atoms with E-state index in [0.29, 0.717) is 19.3 Å². The Kier molecular flexibility index (Phi) is 39.7. The first-order valence-electron chi connectivity index (χ1n) is 25.9. The fourth-order valence-corrected chi connectivity index (χ4v) is 7.29. The van der Waals surface area contributed by atoms with E-state index >= 15 is 0 Å². The van der Waals surface area contributed by atoms with Crippen LogP contribution in [0.4, 0.5) is 0 Å². The molecule has 0 aliphatic carbocycles. The van der Waals surface area contributed by atoms with Crippen LogP contribution in [0.5, 0.6) is 0 Å². The molecule has 0 aromatic carbocycles. The Morgan fingerprint density at radius 1 is 0.507 bits per heavy atom. The van der Waals surface area contributed by atoms with E-state index in [-0.39, 0.29) is 25.9 Å². The number of aliphatic carboxylic acids is 1. The van der Waals surface area contributed by atoms with Crippen LogP contribution >= 0.6 is 0 Å². The molecule has 0 radical (unpaired) electrons. The minimum Gasteiger partial charge on any atom is -0.479 e. The number of esters is 3. The first kappa shape index (κ1) is 61.2. The number of carbonyl (C=O) groups excluding carboxylic acids is 3. The van der Waals surface area contributed by atoms with Crippen molar-refractivity contribution in [2.75, 3.05) is 13.2 Å². The summed E-state index contributed by atoms with van der Waals surface area (Å²) in [7, 11) is 0. The Morgan fingerprint density at radius 3 is 1.52 bits per heavy atom. The highest BCUT2D eigenvalue weighted by molar-refractivity contribution is 5.74. The molecule has 67 heavy (non-hydrogen) atoms. The van der Waals surface area contributed by atoms with Gasteiger partial charge in [0.2, 0.25) is 0 Å². The zero-order valence-corrected chi connectivity index (χ0v) is 41.6. The summed E-state index contributed by atoms with van der Waals surface area (Å²) >= 11 is 0. The smallest absolute Gasteiger partial charge is 0.335 e. The van der Waals surface area contributed by atoms with Crippen LogP contribution in [-0.2, 0) is 42.9 Å². The molecule has 1 rings (SSSR count). The summed E-state index contributed by atoms with van der Waals surface area (Å²) in [6, 6.07) is 0. The molecule has 6 unspecified atom stereocenters. The average Bonchev–Trinajstić information content (AvgIpc) is 3.31. The molecule has 0 amide bonds. The predicted molar refractivity (Wildman–Crippen MR) is 266 cm³/mol. The molecule has 1 heterocycles. The highest BCUT2D eigenvalue weighted by atomic mass is 16.7. The first-order valence-corrected chi connectivity index (χ1v) is 25.9. The van der Waals surface area contributed by atoms with Gasteiger partial charge in [-0.1, -0.05) is 177 Å². The van der Waals surface area contributed by atoms with Crippen molar-refractivity contribution in [2.45, 2.75) is 237 Å². The number of aliphatic hydroxyl groups is 2. The van der Waals surface area contributed by atoms with Crippen LogP contribution in [0.2, 0.25) is 0 Å². The lowest BCUT2D eigenvalue weighted by molar-refractivity contribution is -0.301. The lowest BCUT2D eigenvalue weighted by Gasteiger charge is -2.40. The van der Waals surface area contributed by atoms with Gasteiger partial charge in [0.05, 0.1) is 6.61 Å². The molecule has 6 atom stereocenters. The largest absolute Gasteiger partial charge is 0.479 e. The lowest BCUT2D eigenvalue weighted by atomic mass is 9.98. The molecular weight excluding hydrogens is 853 g/mol. The minimum absolute atomic E-state index is 0.0366. The van der Waals surface area contributed by atoms with E-state index in [0.717, 1.165) is 89.9 Å². The van der Waals surface area contributed by atoms with Gasteiger partial charge in [-0.05, 0) is 77.0 Å². The van der Waals surface area contributed by atoms with E-state index in [2.05, 4.69) is 81.5 Å². The zero-order valence-electron chi connectivity index (χ0n) is 41.6. The molecule has 0 bridgehead atoms. The van der Waals surface area contributed by atoms with E-state index in [9.17, 15) is 34.5 Å². The maximum Gasteiger partial charge on any atom is 0.335 e. The first-order chi connectivity index (χ1) is 32.6. The molecule has 1 fully saturated rings. The summed E-state index contributed by atoms with van der Waals surface area (Å²) in [5, 5.41) is 31.3. The lowest BCUT2D eigenvalue weighted by Crippen LogP contribution is -2.61. The van der Waals surface area contributed by atoms with Gasteiger partial charge in [0.1, 0.15) is 18.8 Å². The van der Waals surface area contributed by atoms with Gasteiger partial charge in [-0.15, -0.1) is 0 Å². The fourth-order valence-electron chi connectivity index (χ4n) is 7.29. The number of hydrogen-bond donors (Lipinski definition) is 3. The Labute approximate surface area is 404 Å². The Morgan fingerprint density at radius 2 is 0.970 bits per heavy atom. The van der Waals surface area contributed by atoms with Gasteiger partial charge >= 0.3 is 23.9 Å². The number of rotatable bonds is 42. The molecule has 382 valence electrons. The Hall–Kier alpha value is -3.84. The van der Waals surface area contributed by atoms with Gasteiger partial charge in [-0.3, -0.25) is 14.4 Å². The van der Waals surface area contributed by atoms with E-state index in [1.807, 2.05) is 12.2 Å². The van der Waals surface area contributed by atoms with Gasteiger partial charge in [0.25, 0.3) is 0 Å². The van der Waals surface area contributed by atoms with Crippen molar-refractivity contribution in [1.29, 1.82) is 0 Å². The Balaban J connectivity index is 2.76. The topological polar surface area (TPSA) is 175 Å². The van der Waals surface area contributed by atoms with E-state index < -0.39 is 67.3 Å². The molecule has 0 saturated carbocycles. The molecule has 12 heteroatoms. The van der Waals surface area contributed by atoms with Crippen LogP contribution in [0.25, 0.3) is 0 Å². The van der Waals surface area contributed by atoms with Crippen LogP contribution < -0.4 is 0 Å². The second kappa shape index (κ2) is 43.4. The number of aliphatic hydroxyl groups excluding tert-OH is 2. The molecule has 0 spiro atoms. The third kappa shape index (κ3) is 34.2. The third-order valence-corrected chi connectivity index (χ3v) is 11.3. The quantitative estimate of drug-likeness (QED) is 0.0229. The van der Waals surface area contributed by atoms with Crippen LogP contribution in [-0.4, -0.2) is 89.2 Å². The summed E-state index contributed by atoms with van der Waals surface area (Å²) in [5.74, 6) is -3.25. The number of carboxylic acids is 1. The van der Waals surface area contributed by atoms with Crippen molar-refractivity contribution in [2.24, 2.45) is 0 Å². The van der Waals surface area contributed by atoms with Crippen molar-refractivity contribution in [3.8, 4) is 0 Å². The summed E-state index contributed by atoms with van der Waals surface area (Å²) in [5.41, 5.74) is 0. The average molecular weight is 943 g/mol. The summed E-state index contributed by atoms with van der Waals surface area (Å²) in [6.45, 7) is 5.72. The summed E-state index contributed by atoms with van der Waals surface area (Å²) in [6.07, 6.45) is 40.6. The minimum atomic E-state index is -1.91. The third-order valence-electron chi connectivity index (χ3n) is 11.3. The number of unbranched alkanes of at least 4 members (excludes halogenated alkanes) is 16. The molecule has 1 aliphatic heterocycles. The molecule has 0 aromatic rings. The van der Waals surface area contributed by atoms with Crippen molar-refractivity contribution in [1.82, 2.24) is 0 Å². The summed E-state index contributed by atoms with van der Waals surface area (Å²) in [4.78, 5) is 50.7. The zero-order chi connectivity index (χ0) is 49.0. The van der Waals surface area contributed by atoms with Crippen LogP contribution in [0.15, 0.2) is 72.9 Å². The maximum absolute atomic E-state index is 13.0. The fraction of sp³-hybridized carbons (Fsp3) is 0.709. The van der Waals surface area contributed by atoms with Crippen LogP contribution in [0, 0.1) is 0 Å². The van der Waals surface area contributed by atoms with E-state index in [1.165, 1.54) is 51.4 Å². The van der Waals surface area contributed by atoms with Crippen LogP contribution in [0.1, 0.15) is 201 Å². The molecular formula is C55H90O12. The SMILES string of the molecule is CC/C=C\C/C=C\C/C=C\C/C=C\CCC(=O)OCC(COC1OC(C(=O)O)C(O)C(O)C1OC(=O)CCCCCCC/C=C\C/C=C\CCCCC)OC(=O)CCCCCCCCCCC. The molecule has 1 saturated heterocycles. The molecule has 1 aliphatic rings. The van der Waals surface area contributed by atoms with Gasteiger partial charge in [-0.25, -0.2) is 4.79 Å². The second-order valence-corrected chi connectivity index (χ2v) is 17.4. The van der Waals surface area contributed by atoms with Crippen molar-refractivity contribution in [3.05, 3.63) is 72.9 Å². The predicted octanol–water partition coefficient (Wildman–Crippen LogP) is 12.2.